The molecule has 1 aliphatic rings. The quantitative estimate of drug-likeness (QED) is 0.878. The van der Waals surface area contributed by atoms with E-state index in [1.165, 1.54) is 5.69 Å². The molecule has 0 spiro atoms. The van der Waals surface area contributed by atoms with Crippen molar-refractivity contribution in [2.24, 2.45) is 5.73 Å². The molecule has 6 heteroatoms. The van der Waals surface area contributed by atoms with Crippen LogP contribution in [-0.4, -0.2) is 68.1 Å². The van der Waals surface area contributed by atoms with Crippen LogP contribution in [0.3, 0.4) is 0 Å². The van der Waals surface area contributed by atoms with E-state index in [2.05, 4.69) is 34.1 Å². The van der Waals surface area contributed by atoms with Crippen molar-refractivity contribution in [3.8, 4) is 0 Å². The highest BCUT2D eigenvalue weighted by Gasteiger charge is 2.18. The minimum Gasteiger partial charge on any atom is -0.369 e. The van der Waals surface area contributed by atoms with Crippen LogP contribution in [0.2, 0.25) is 0 Å². The Kier molecular flexibility index (Phi) is 7.65. The van der Waals surface area contributed by atoms with Crippen LogP contribution in [0.15, 0.2) is 30.3 Å². The number of benzene rings is 1. The second kappa shape index (κ2) is 8.98. The second-order valence-corrected chi connectivity index (χ2v) is 5.71. The first-order chi connectivity index (χ1) is 10.1. The zero-order chi connectivity index (χ0) is 15.2. The maximum Gasteiger partial charge on any atom is 0.238 e. The number of nitrogens with zero attached hydrogens (tertiary/aromatic N) is 3. The first-order valence-electron chi connectivity index (χ1n) is 7.61. The van der Waals surface area contributed by atoms with E-state index in [0.717, 1.165) is 39.3 Å². The monoisotopic (exact) mass is 326 g/mol. The summed E-state index contributed by atoms with van der Waals surface area (Å²) in [6.07, 6.45) is 0. The van der Waals surface area contributed by atoms with Crippen molar-refractivity contribution in [3.05, 3.63) is 30.3 Å². The number of halogens is 1. The lowest BCUT2D eigenvalue weighted by atomic mass is 10.2. The van der Waals surface area contributed by atoms with Gasteiger partial charge in [-0.2, -0.15) is 0 Å². The molecule has 1 aliphatic heterocycles. The maximum atomic E-state index is 11.7. The lowest BCUT2D eigenvalue weighted by molar-refractivity contribution is -0.131. The Bertz CT molecular complexity index is 447. The van der Waals surface area contributed by atoms with E-state index in [-0.39, 0.29) is 18.3 Å². The number of hydrogen-bond acceptors (Lipinski definition) is 4. The molecule has 1 atom stereocenters. The van der Waals surface area contributed by atoms with Gasteiger partial charge < -0.3 is 15.5 Å². The van der Waals surface area contributed by atoms with Gasteiger partial charge in [0.25, 0.3) is 0 Å². The Morgan fingerprint density at radius 1 is 1.23 bits per heavy atom. The summed E-state index contributed by atoms with van der Waals surface area (Å²) >= 11 is 0. The van der Waals surface area contributed by atoms with Crippen LogP contribution in [0.1, 0.15) is 6.92 Å². The molecular formula is C16H27ClN4O. The average molecular weight is 327 g/mol. The van der Waals surface area contributed by atoms with E-state index in [4.69, 9.17) is 5.73 Å². The number of anilines is 1. The van der Waals surface area contributed by atoms with Crippen molar-refractivity contribution in [3.63, 3.8) is 0 Å². The molecule has 1 heterocycles. The van der Waals surface area contributed by atoms with Gasteiger partial charge in [-0.05, 0) is 19.1 Å². The minimum absolute atomic E-state index is 0. The number of nitrogens with two attached hydrogens (primary N) is 1. The lowest BCUT2D eigenvalue weighted by Gasteiger charge is -2.36. The summed E-state index contributed by atoms with van der Waals surface area (Å²) in [5.74, 6) is 0.0120. The van der Waals surface area contributed by atoms with Crippen molar-refractivity contribution < 1.29 is 4.79 Å². The SMILES string of the molecule is CC(N)C(=O)N(C)CCN1CCN(c2ccccc2)CC1.Cl. The highest BCUT2D eigenvalue weighted by Crippen LogP contribution is 2.15. The summed E-state index contributed by atoms with van der Waals surface area (Å²) < 4.78 is 0. The normalized spacial score (nSPS) is 16.8. The molecule has 2 N–H and O–H groups in total. The third-order valence-corrected chi connectivity index (χ3v) is 4.01. The van der Waals surface area contributed by atoms with Gasteiger partial charge in [-0.25, -0.2) is 0 Å². The van der Waals surface area contributed by atoms with E-state index in [0.29, 0.717) is 0 Å². The summed E-state index contributed by atoms with van der Waals surface area (Å²) in [6.45, 7) is 7.54. The molecule has 0 bridgehead atoms. The molecule has 0 saturated carbocycles. The molecule has 1 saturated heterocycles. The smallest absolute Gasteiger partial charge is 0.238 e. The minimum atomic E-state index is -0.412. The zero-order valence-electron chi connectivity index (χ0n) is 13.4. The molecule has 124 valence electrons. The molecule has 1 amide bonds. The maximum absolute atomic E-state index is 11.7. The van der Waals surface area contributed by atoms with Crippen molar-refractivity contribution >= 4 is 24.0 Å². The fourth-order valence-electron chi connectivity index (χ4n) is 2.62. The fourth-order valence-corrected chi connectivity index (χ4v) is 2.62. The van der Waals surface area contributed by atoms with Crippen LogP contribution in [0.25, 0.3) is 0 Å². The Hall–Kier alpha value is -1.30. The summed E-state index contributed by atoms with van der Waals surface area (Å²) in [5.41, 5.74) is 6.91. The van der Waals surface area contributed by atoms with Crippen LogP contribution in [0.4, 0.5) is 5.69 Å². The van der Waals surface area contributed by atoms with E-state index in [9.17, 15) is 4.79 Å². The van der Waals surface area contributed by atoms with Gasteiger partial charge in [0.2, 0.25) is 5.91 Å². The van der Waals surface area contributed by atoms with Gasteiger partial charge in [0.05, 0.1) is 6.04 Å². The molecular weight excluding hydrogens is 300 g/mol. The summed E-state index contributed by atoms with van der Waals surface area (Å²) in [6, 6.07) is 10.1. The number of piperazine rings is 1. The molecule has 0 radical (unpaired) electrons. The Morgan fingerprint density at radius 3 is 2.36 bits per heavy atom. The number of likely N-dealkylation sites (N-methyl/N-ethyl adjacent to an activating group) is 1. The molecule has 22 heavy (non-hydrogen) atoms. The molecule has 1 aromatic carbocycles. The average Bonchev–Trinajstić information content (AvgIpc) is 2.53. The summed E-state index contributed by atoms with van der Waals surface area (Å²) in [5, 5.41) is 0. The zero-order valence-corrected chi connectivity index (χ0v) is 14.3. The molecule has 0 aliphatic carbocycles. The van der Waals surface area contributed by atoms with Crippen molar-refractivity contribution in [1.29, 1.82) is 0 Å². The van der Waals surface area contributed by atoms with E-state index >= 15 is 0 Å². The van der Waals surface area contributed by atoms with Crippen LogP contribution in [0.5, 0.6) is 0 Å². The van der Waals surface area contributed by atoms with E-state index in [1.807, 2.05) is 13.1 Å². The number of hydrogen-bond donors (Lipinski definition) is 1. The molecule has 1 unspecified atom stereocenters. The van der Waals surface area contributed by atoms with Crippen LogP contribution < -0.4 is 10.6 Å². The van der Waals surface area contributed by atoms with Crippen LogP contribution >= 0.6 is 12.4 Å². The Labute approximate surface area is 139 Å². The number of carbonyl (C=O) groups excluding carboxylic acids is 1. The lowest BCUT2D eigenvalue weighted by Crippen LogP contribution is -2.49. The van der Waals surface area contributed by atoms with Gasteiger partial charge in [-0.3, -0.25) is 9.69 Å². The van der Waals surface area contributed by atoms with Crippen LogP contribution in [0, 0.1) is 0 Å². The van der Waals surface area contributed by atoms with Gasteiger partial charge in [0, 0.05) is 52.0 Å². The van der Waals surface area contributed by atoms with Gasteiger partial charge in [0.15, 0.2) is 0 Å². The first kappa shape index (κ1) is 18.7. The first-order valence-corrected chi connectivity index (χ1v) is 7.61. The fraction of sp³-hybridized carbons (Fsp3) is 0.562. The molecule has 1 aromatic rings. The molecule has 2 rings (SSSR count). The molecule has 1 fully saturated rings. The van der Waals surface area contributed by atoms with Gasteiger partial charge >= 0.3 is 0 Å². The predicted octanol–water partition coefficient (Wildman–Crippen LogP) is 1.04. The topological polar surface area (TPSA) is 52.8 Å². The summed E-state index contributed by atoms with van der Waals surface area (Å²) in [7, 11) is 1.83. The Morgan fingerprint density at radius 2 is 1.82 bits per heavy atom. The van der Waals surface area contributed by atoms with Crippen molar-refractivity contribution in [2.45, 2.75) is 13.0 Å². The largest absolute Gasteiger partial charge is 0.369 e. The predicted molar refractivity (Wildman–Crippen MR) is 93.6 cm³/mol. The molecule has 0 aromatic heterocycles. The van der Waals surface area contributed by atoms with Crippen molar-refractivity contribution in [1.82, 2.24) is 9.80 Å². The number of rotatable bonds is 5. The molecule has 5 nitrogen and oxygen atoms in total. The number of para-hydroxylation sites is 1. The number of carbonyl (C=O) groups is 1. The number of amides is 1. The highest BCUT2D eigenvalue weighted by molar-refractivity contribution is 5.85. The van der Waals surface area contributed by atoms with E-state index < -0.39 is 6.04 Å². The highest BCUT2D eigenvalue weighted by atomic mass is 35.5. The van der Waals surface area contributed by atoms with Crippen LogP contribution in [-0.2, 0) is 4.79 Å². The summed E-state index contributed by atoms with van der Waals surface area (Å²) in [4.78, 5) is 18.3. The third kappa shape index (κ3) is 5.16. The van der Waals surface area contributed by atoms with E-state index in [1.54, 1.807) is 11.8 Å². The van der Waals surface area contributed by atoms with Gasteiger partial charge in [-0.15, -0.1) is 12.4 Å². The third-order valence-electron chi connectivity index (χ3n) is 4.01. The van der Waals surface area contributed by atoms with Crippen molar-refractivity contribution in [2.75, 3.05) is 51.2 Å². The standard InChI is InChI=1S/C16H26N4O.ClH/c1-14(17)16(21)18(2)8-9-19-10-12-20(13-11-19)15-6-4-3-5-7-15;/h3-7,14H,8-13,17H2,1-2H3;1H. The van der Waals surface area contributed by atoms with Gasteiger partial charge in [0.1, 0.15) is 0 Å². The van der Waals surface area contributed by atoms with Gasteiger partial charge in [-0.1, -0.05) is 18.2 Å². The second-order valence-electron chi connectivity index (χ2n) is 5.71. The Balaban J connectivity index is 0.00000242.